The van der Waals surface area contributed by atoms with Crippen LogP contribution in [0.2, 0.25) is 0 Å². The highest BCUT2D eigenvalue weighted by molar-refractivity contribution is 5.77. The Morgan fingerprint density at radius 2 is 0.804 bits per heavy atom. The first-order chi connectivity index (χ1) is 22.2. The zero-order valence-electron chi connectivity index (χ0n) is 28.9. The predicted octanol–water partition coefficient (Wildman–Crippen LogP) is 8.70. The second-order valence-electron chi connectivity index (χ2n) is 12.4. The predicted molar refractivity (Wildman–Crippen MR) is 177 cm³/mol. The van der Waals surface area contributed by atoms with Crippen molar-refractivity contribution in [2.75, 3.05) is 6.61 Å². The number of carbonyl (C=O) groups excluding carboxylic acids is 3. The molecule has 0 amide bonds. The Kier molecular flexibility index (Phi) is 29.2. The Balaban J connectivity index is 4.71. The number of carboxylic acids is 2. The Morgan fingerprint density at radius 3 is 1.22 bits per heavy atom. The van der Waals surface area contributed by atoms with Crippen LogP contribution in [0.5, 0.6) is 0 Å². The number of hydrogen-bond acceptors (Lipinski definition) is 8. The maximum atomic E-state index is 12.5. The van der Waals surface area contributed by atoms with Gasteiger partial charge in [-0.3, -0.25) is 24.0 Å². The zero-order valence-corrected chi connectivity index (χ0v) is 28.9. The number of aliphatic carboxylic acids is 2. The smallest absolute Gasteiger partial charge is 0.306 e. The van der Waals surface area contributed by atoms with E-state index in [0.717, 1.165) is 77.0 Å². The fourth-order valence-electron chi connectivity index (χ4n) is 5.28. The molecule has 0 rings (SSSR count). The van der Waals surface area contributed by atoms with Crippen molar-refractivity contribution in [1.29, 1.82) is 0 Å². The summed E-state index contributed by atoms with van der Waals surface area (Å²) in [6, 6.07) is 0. The Morgan fingerprint density at radius 1 is 0.435 bits per heavy atom. The summed E-state index contributed by atoms with van der Waals surface area (Å²) >= 11 is 0. The summed E-state index contributed by atoms with van der Waals surface area (Å²) in [6.07, 6.45) is 18.3. The van der Waals surface area contributed by atoms with E-state index < -0.39 is 36.1 Å². The third-order valence-corrected chi connectivity index (χ3v) is 8.04. The minimum Gasteiger partial charge on any atom is -0.481 e. The van der Waals surface area contributed by atoms with E-state index in [1.54, 1.807) is 0 Å². The van der Waals surface area contributed by atoms with Crippen molar-refractivity contribution in [3.8, 4) is 0 Å². The van der Waals surface area contributed by atoms with Gasteiger partial charge in [0.05, 0.1) is 32.3 Å². The van der Waals surface area contributed by atoms with Crippen LogP contribution >= 0.6 is 0 Å². The fourth-order valence-corrected chi connectivity index (χ4v) is 5.28. The second-order valence-corrected chi connectivity index (χ2v) is 12.4. The van der Waals surface area contributed by atoms with Gasteiger partial charge in [-0.25, -0.2) is 0 Å². The number of hydrogen-bond donors (Lipinski definition) is 2. The molecule has 10 heteroatoms. The van der Waals surface area contributed by atoms with Crippen molar-refractivity contribution in [3.63, 3.8) is 0 Å². The maximum absolute atomic E-state index is 12.5. The van der Waals surface area contributed by atoms with E-state index in [0.29, 0.717) is 32.3 Å². The van der Waals surface area contributed by atoms with Crippen LogP contribution in [-0.4, -0.2) is 58.9 Å². The van der Waals surface area contributed by atoms with Crippen molar-refractivity contribution in [2.24, 2.45) is 0 Å². The molecule has 2 atom stereocenters. The summed E-state index contributed by atoms with van der Waals surface area (Å²) in [7, 11) is 0. The van der Waals surface area contributed by atoms with Crippen molar-refractivity contribution in [3.05, 3.63) is 0 Å². The monoisotopic (exact) mass is 656 g/mol. The molecule has 0 radical (unpaired) electrons. The molecule has 0 saturated heterocycles. The number of carboxylic acid groups (broad SMARTS) is 2. The summed E-state index contributed by atoms with van der Waals surface area (Å²) in [4.78, 5) is 58.9. The summed E-state index contributed by atoms with van der Waals surface area (Å²) in [5, 5.41) is 17.9. The average Bonchev–Trinajstić information content (AvgIpc) is 3.02. The molecule has 10 nitrogen and oxygen atoms in total. The number of esters is 3. The molecule has 0 heterocycles. The zero-order chi connectivity index (χ0) is 34.3. The Labute approximate surface area is 277 Å². The lowest BCUT2D eigenvalue weighted by atomic mass is 9.99. The molecule has 0 bridgehead atoms. The molecule has 0 aliphatic heterocycles. The number of rotatable bonds is 33. The molecule has 0 saturated carbocycles. The summed E-state index contributed by atoms with van der Waals surface area (Å²) in [6.45, 7) is 4.84. The van der Waals surface area contributed by atoms with Crippen LogP contribution in [0.4, 0.5) is 0 Å². The van der Waals surface area contributed by atoms with Gasteiger partial charge in [-0.1, -0.05) is 110 Å². The number of unbranched alkanes of at least 4 members (excludes halogenated alkanes) is 16. The molecular formula is C36H64O10. The largest absolute Gasteiger partial charge is 0.481 e. The molecule has 0 aromatic heterocycles. The molecule has 0 unspecified atom stereocenters. The van der Waals surface area contributed by atoms with Crippen LogP contribution in [0.3, 0.4) is 0 Å². The molecule has 0 aromatic carbocycles. The average molecular weight is 657 g/mol. The summed E-state index contributed by atoms with van der Waals surface area (Å²) in [5.41, 5.74) is 0. The van der Waals surface area contributed by atoms with E-state index >= 15 is 0 Å². The minimum atomic E-state index is -1.10. The van der Waals surface area contributed by atoms with Gasteiger partial charge in [0.2, 0.25) is 0 Å². The van der Waals surface area contributed by atoms with Crippen molar-refractivity contribution >= 4 is 29.8 Å². The van der Waals surface area contributed by atoms with Gasteiger partial charge in [0.15, 0.2) is 0 Å². The van der Waals surface area contributed by atoms with E-state index in [1.165, 1.54) is 38.5 Å². The van der Waals surface area contributed by atoms with Gasteiger partial charge >= 0.3 is 29.8 Å². The first kappa shape index (κ1) is 43.4. The van der Waals surface area contributed by atoms with E-state index in [1.807, 2.05) is 0 Å². The SMILES string of the molecule is CCCCCCCCCCOC(=O)CCCCCCC[C@@H](OC(=O)CCC(=O)O)[C@@H](CCCCCCCC)OC(=O)CCC(=O)O. The molecule has 46 heavy (non-hydrogen) atoms. The quantitative estimate of drug-likeness (QED) is 0.0398. The topological polar surface area (TPSA) is 154 Å². The molecule has 0 spiro atoms. The van der Waals surface area contributed by atoms with Crippen molar-refractivity contribution in [2.45, 2.75) is 193 Å². The fraction of sp³-hybridized carbons (Fsp3) is 0.861. The van der Waals surface area contributed by atoms with Crippen molar-refractivity contribution < 1.29 is 48.4 Å². The Bertz CT molecular complexity index is 813. The molecule has 2 N–H and O–H groups in total. The van der Waals surface area contributed by atoms with E-state index in [4.69, 9.17) is 24.4 Å². The van der Waals surface area contributed by atoms with Gasteiger partial charge in [-0.15, -0.1) is 0 Å². The van der Waals surface area contributed by atoms with Crippen LogP contribution in [0.25, 0.3) is 0 Å². The first-order valence-electron chi connectivity index (χ1n) is 18.2. The van der Waals surface area contributed by atoms with E-state index in [9.17, 15) is 24.0 Å². The number of carbonyl (C=O) groups is 5. The summed E-state index contributed by atoms with van der Waals surface area (Å²) < 4.78 is 16.7. The number of ether oxygens (including phenoxy) is 3. The first-order valence-corrected chi connectivity index (χ1v) is 18.2. The van der Waals surface area contributed by atoms with Gasteiger partial charge in [0, 0.05) is 6.42 Å². The van der Waals surface area contributed by atoms with Gasteiger partial charge in [0.25, 0.3) is 0 Å². The molecule has 268 valence electrons. The minimum absolute atomic E-state index is 0.154. The molecular weight excluding hydrogens is 592 g/mol. The third kappa shape index (κ3) is 28.8. The van der Waals surface area contributed by atoms with E-state index in [-0.39, 0.29) is 31.7 Å². The van der Waals surface area contributed by atoms with Gasteiger partial charge in [0.1, 0.15) is 12.2 Å². The molecule has 0 fully saturated rings. The lowest BCUT2D eigenvalue weighted by Crippen LogP contribution is -2.35. The van der Waals surface area contributed by atoms with Gasteiger partial charge in [-0.05, 0) is 38.5 Å². The Hall–Kier alpha value is -2.65. The third-order valence-electron chi connectivity index (χ3n) is 8.04. The molecule has 0 aliphatic carbocycles. The van der Waals surface area contributed by atoms with Crippen molar-refractivity contribution in [1.82, 2.24) is 0 Å². The van der Waals surface area contributed by atoms with Crippen LogP contribution in [0.1, 0.15) is 181 Å². The lowest BCUT2D eigenvalue weighted by molar-refractivity contribution is -0.170. The highest BCUT2D eigenvalue weighted by atomic mass is 16.6. The highest BCUT2D eigenvalue weighted by Gasteiger charge is 2.28. The maximum Gasteiger partial charge on any atom is 0.306 e. The van der Waals surface area contributed by atoms with Crippen LogP contribution in [0, 0.1) is 0 Å². The standard InChI is InChI=1S/C36H64O10/c1-3-5-7-9-11-12-17-21-29-44-34(41)24-20-16-13-15-19-23-31(46-36(43)28-26-33(39)40)30(22-18-14-10-8-6-4-2)45-35(42)27-25-32(37)38/h30-31H,3-29H2,1-2H3,(H,37,38)(H,39,40)/t30-,31-/m1/s1. The lowest BCUT2D eigenvalue weighted by Gasteiger charge is -2.27. The van der Waals surface area contributed by atoms with Crippen LogP contribution in [0.15, 0.2) is 0 Å². The summed E-state index contributed by atoms with van der Waals surface area (Å²) in [5.74, 6) is -3.67. The second kappa shape index (κ2) is 31.0. The van der Waals surface area contributed by atoms with Crippen LogP contribution < -0.4 is 0 Å². The molecule has 0 aromatic rings. The van der Waals surface area contributed by atoms with Crippen LogP contribution in [-0.2, 0) is 38.2 Å². The van der Waals surface area contributed by atoms with E-state index in [2.05, 4.69) is 13.8 Å². The van der Waals surface area contributed by atoms with Gasteiger partial charge in [-0.2, -0.15) is 0 Å². The molecule has 0 aliphatic rings. The van der Waals surface area contributed by atoms with Gasteiger partial charge < -0.3 is 24.4 Å². The normalized spacial score (nSPS) is 12.3. The highest BCUT2D eigenvalue weighted by Crippen LogP contribution is 2.22.